The highest BCUT2D eigenvalue weighted by Crippen LogP contribution is 2.22. The minimum Gasteiger partial charge on any atom is -0.497 e. The molecule has 0 aliphatic heterocycles. The summed E-state index contributed by atoms with van der Waals surface area (Å²) in [6, 6.07) is 8.28. The van der Waals surface area contributed by atoms with E-state index >= 15 is 0 Å². The van der Waals surface area contributed by atoms with E-state index in [1.54, 1.807) is 7.11 Å². The largest absolute Gasteiger partial charge is 0.497 e. The Balaban J connectivity index is 2.63. The number of benzene rings is 1. The molecule has 90 valence electrons. The molecule has 0 spiro atoms. The molecule has 0 heterocycles. The molecule has 0 saturated carbocycles. The predicted molar refractivity (Wildman–Crippen MR) is 67.1 cm³/mol. The average molecular weight is 222 g/mol. The van der Waals surface area contributed by atoms with Gasteiger partial charge in [-0.3, -0.25) is 11.3 Å². The van der Waals surface area contributed by atoms with Crippen molar-refractivity contribution < 1.29 is 4.74 Å². The normalized spacial score (nSPS) is 12.8. The van der Waals surface area contributed by atoms with Crippen LogP contribution >= 0.6 is 0 Å². The maximum Gasteiger partial charge on any atom is 0.118 e. The molecule has 0 fully saturated rings. The van der Waals surface area contributed by atoms with Crippen molar-refractivity contribution >= 4 is 0 Å². The van der Waals surface area contributed by atoms with Gasteiger partial charge in [-0.15, -0.1) is 0 Å². The number of hydrogen-bond acceptors (Lipinski definition) is 3. The van der Waals surface area contributed by atoms with E-state index in [1.165, 1.54) is 12.0 Å². The highest BCUT2D eigenvalue weighted by Gasteiger charge is 2.10. The fraction of sp³-hybridized carbons (Fsp3) is 0.538. The summed E-state index contributed by atoms with van der Waals surface area (Å²) in [5.41, 5.74) is 4.08. The zero-order valence-corrected chi connectivity index (χ0v) is 10.4. The third kappa shape index (κ3) is 3.83. The first kappa shape index (κ1) is 13.0. The van der Waals surface area contributed by atoms with Gasteiger partial charge in [0.1, 0.15) is 5.75 Å². The molecule has 0 saturated heterocycles. The summed E-state index contributed by atoms with van der Waals surface area (Å²) in [6.07, 6.45) is 2.22. The molecule has 1 aromatic rings. The van der Waals surface area contributed by atoms with E-state index in [2.05, 4.69) is 31.4 Å². The molecule has 1 rings (SSSR count). The van der Waals surface area contributed by atoms with E-state index < -0.39 is 0 Å². The average Bonchev–Trinajstić information content (AvgIpc) is 2.30. The molecule has 0 aliphatic rings. The Hall–Kier alpha value is -1.06. The summed E-state index contributed by atoms with van der Waals surface area (Å²) in [5, 5.41) is 0. The first-order valence-electron chi connectivity index (χ1n) is 5.77. The second kappa shape index (κ2) is 6.51. The van der Waals surface area contributed by atoms with E-state index in [1.807, 2.05) is 12.1 Å². The van der Waals surface area contributed by atoms with Crippen molar-refractivity contribution in [3.05, 3.63) is 29.8 Å². The van der Waals surface area contributed by atoms with Gasteiger partial charge in [0.05, 0.1) is 7.11 Å². The van der Waals surface area contributed by atoms with Gasteiger partial charge in [-0.25, -0.2) is 0 Å². The molecular weight excluding hydrogens is 200 g/mol. The lowest BCUT2D eigenvalue weighted by Gasteiger charge is -2.17. The molecule has 0 aliphatic carbocycles. The number of ether oxygens (including phenoxy) is 1. The molecule has 0 aromatic heterocycles. The van der Waals surface area contributed by atoms with Crippen molar-refractivity contribution in [2.24, 2.45) is 11.8 Å². The van der Waals surface area contributed by atoms with Crippen molar-refractivity contribution in [2.45, 2.75) is 32.7 Å². The molecule has 1 unspecified atom stereocenters. The van der Waals surface area contributed by atoms with Crippen LogP contribution in [0.5, 0.6) is 5.75 Å². The van der Waals surface area contributed by atoms with E-state index in [0.29, 0.717) is 5.92 Å². The molecule has 1 aromatic carbocycles. The minimum atomic E-state index is 0.230. The van der Waals surface area contributed by atoms with E-state index in [0.717, 1.165) is 12.2 Å². The van der Waals surface area contributed by atoms with E-state index in [4.69, 9.17) is 10.6 Å². The Labute approximate surface area is 98.0 Å². The van der Waals surface area contributed by atoms with Crippen LogP contribution in [-0.2, 0) is 0 Å². The lowest BCUT2D eigenvalue weighted by molar-refractivity contribution is 0.413. The van der Waals surface area contributed by atoms with Gasteiger partial charge in [0.2, 0.25) is 0 Å². The Morgan fingerprint density at radius 1 is 1.19 bits per heavy atom. The van der Waals surface area contributed by atoms with Gasteiger partial charge in [-0.05, 0) is 36.5 Å². The number of hydrogen-bond donors (Lipinski definition) is 2. The van der Waals surface area contributed by atoms with Gasteiger partial charge < -0.3 is 4.74 Å². The Kier molecular flexibility index (Phi) is 5.29. The van der Waals surface area contributed by atoms with Crippen LogP contribution in [0.3, 0.4) is 0 Å². The molecule has 3 nitrogen and oxygen atoms in total. The Bertz CT molecular complexity index is 295. The van der Waals surface area contributed by atoms with Crippen LogP contribution in [0, 0.1) is 5.92 Å². The van der Waals surface area contributed by atoms with Gasteiger partial charge in [-0.1, -0.05) is 26.0 Å². The molecule has 0 bridgehead atoms. The summed E-state index contributed by atoms with van der Waals surface area (Å²) in [7, 11) is 1.67. The highest BCUT2D eigenvalue weighted by atomic mass is 16.5. The van der Waals surface area contributed by atoms with Crippen LogP contribution in [0.15, 0.2) is 24.3 Å². The quantitative estimate of drug-likeness (QED) is 0.574. The number of hydrazine groups is 1. The van der Waals surface area contributed by atoms with Crippen LogP contribution in [0.1, 0.15) is 38.3 Å². The fourth-order valence-corrected chi connectivity index (χ4v) is 1.68. The van der Waals surface area contributed by atoms with Gasteiger partial charge in [-0.2, -0.15) is 0 Å². The molecule has 0 amide bonds. The Morgan fingerprint density at radius 3 is 2.25 bits per heavy atom. The lowest BCUT2D eigenvalue weighted by atomic mass is 9.98. The molecule has 1 atom stereocenters. The molecule has 3 N–H and O–H groups in total. The highest BCUT2D eigenvalue weighted by molar-refractivity contribution is 5.29. The van der Waals surface area contributed by atoms with Gasteiger partial charge in [0, 0.05) is 6.04 Å². The summed E-state index contributed by atoms with van der Waals surface area (Å²) in [4.78, 5) is 0. The monoisotopic (exact) mass is 222 g/mol. The summed E-state index contributed by atoms with van der Waals surface area (Å²) in [5.74, 6) is 7.16. The molecular formula is C13H22N2O. The van der Waals surface area contributed by atoms with Gasteiger partial charge >= 0.3 is 0 Å². The zero-order valence-electron chi connectivity index (χ0n) is 10.4. The van der Waals surface area contributed by atoms with Crippen molar-refractivity contribution in [3.63, 3.8) is 0 Å². The molecule has 0 radical (unpaired) electrons. The number of rotatable bonds is 6. The second-order valence-corrected chi connectivity index (χ2v) is 4.46. The third-order valence-corrected chi connectivity index (χ3v) is 2.75. The summed E-state index contributed by atoms with van der Waals surface area (Å²) >= 11 is 0. The SMILES string of the molecule is COc1ccc(C(CCC(C)C)NN)cc1. The van der Waals surface area contributed by atoms with Gasteiger partial charge in [0.15, 0.2) is 0 Å². The van der Waals surface area contributed by atoms with Crippen molar-refractivity contribution in [2.75, 3.05) is 7.11 Å². The van der Waals surface area contributed by atoms with Crippen LogP contribution < -0.4 is 16.0 Å². The maximum absolute atomic E-state index is 5.58. The number of nitrogens with one attached hydrogen (secondary N) is 1. The van der Waals surface area contributed by atoms with Crippen molar-refractivity contribution in [3.8, 4) is 5.75 Å². The predicted octanol–water partition coefficient (Wildman–Crippen LogP) is 2.64. The number of nitrogens with two attached hydrogens (primary N) is 1. The molecule has 16 heavy (non-hydrogen) atoms. The summed E-state index contributed by atoms with van der Waals surface area (Å²) in [6.45, 7) is 4.45. The third-order valence-electron chi connectivity index (χ3n) is 2.75. The number of methoxy groups -OCH3 is 1. The first-order chi connectivity index (χ1) is 7.67. The lowest BCUT2D eigenvalue weighted by Crippen LogP contribution is -2.28. The Morgan fingerprint density at radius 2 is 1.81 bits per heavy atom. The van der Waals surface area contributed by atoms with Gasteiger partial charge in [0.25, 0.3) is 0 Å². The smallest absolute Gasteiger partial charge is 0.118 e. The van der Waals surface area contributed by atoms with Crippen LogP contribution in [0.4, 0.5) is 0 Å². The topological polar surface area (TPSA) is 47.3 Å². The van der Waals surface area contributed by atoms with E-state index in [-0.39, 0.29) is 6.04 Å². The maximum atomic E-state index is 5.58. The second-order valence-electron chi connectivity index (χ2n) is 4.46. The zero-order chi connectivity index (χ0) is 12.0. The summed E-state index contributed by atoms with van der Waals surface area (Å²) < 4.78 is 5.13. The van der Waals surface area contributed by atoms with Crippen LogP contribution in [0.2, 0.25) is 0 Å². The van der Waals surface area contributed by atoms with Crippen molar-refractivity contribution in [1.29, 1.82) is 0 Å². The van der Waals surface area contributed by atoms with E-state index in [9.17, 15) is 0 Å². The minimum absolute atomic E-state index is 0.230. The molecule has 3 heteroatoms. The fourth-order valence-electron chi connectivity index (χ4n) is 1.68. The van der Waals surface area contributed by atoms with Crippen molar-refractivity contribution in [1.82, 2.24) is 5.43 Å². The first-order valence-corrected chi connectivity index (χ1v) is 5.77. The standard InChI is InChI=1S/C13H22N2O/c1-10(2)4-9-13(15-14)11-5-7-12(16-3)8-6-11/h5-8,10,13,15H,4,9,14H2,1-3H3. The van der Waals surface area contributed by atoms with Crippen LogP contribution in [0.25, 0.3) is 0 Å². The van der Waals surface area contributed by atoms with Crippen LogP contribution in [-0.4, -0.2) is 7.11 Å².